The van der Waals surface area contributed by atoms with Crippen LogP contribution in [0.25, 0.3) is 0 Å². The molecular weight excluding hydrogens is 190 g/mol. The first-order chi connectivity index (χ1) is 7.34. The topological polar surface area (TPSA) is 42.4 Å². The minimum Gasteiger partial charge on any atom is -0.388 e. The molecule has 3 nitrogen and oxygen atoms in total. The Bertz CT molecular complexity index is 251. The molecule has 0 amide bonds. The molecule has 84 valence electrons. The normalized spacial score (nSPS) is 12.7. The quantitative estimate of drug-likeness (QED) is 0.701. The minimum absolute atomic E-state index is 0.458. The molecule has 0 aliphatic rings. The van der Waals surface area contributed by atoms with Gasteiger partial charge in [0.25, 0.3) is 0 Å². The van der Waals surface area contributed by atoms with Gasteiger partial charge in [-0.15, -0.1) is 0 Å². The van der Waals surface area contributed by atoms with Crippen LogP contribution in [0, 0.1) is 0 Å². The SMILES string of the molecule is CCCCOCCC(O)c1cccnc1. The van der Waals surface area contributed by atoms with Gasteiger partial charge in [0, 0.05) is 32.0 Å². The lowest BCUT2D eigenvalue weighted by molar-refractivity contribution is 0.0803. The van der Waals surface area contributed by atoms with Crippen LogP contribution in [0.4, 0.5) is 0 Å². The van der Waals surface area contributed by atoms with E-state index in [1.165, 1.54) is 0 Å². The Morgan fingerprint density at radius 1 is 1.47 bits per heavy atom. The summed E-state index contributed by atoms with van der Waals surface area (Å²) in [5.74, 6) is 0. The average molecular weight is 209 g/mol. The number of rotatable bonds is 7. The number of aromatic nitrogens is 1. The summed E-state index contributed by atoms with van der Waals surface area (Å²) < 4.78 is 5.39. The fraction of sp³-hybridized carbons (Fsp3) is 0.583. The number of pyridine rings is 1. The van der Waals surface area contributed by atoms with Gasteiger partial charge < -0.3 is 9.84 Å². The number of hydrogen-bond acceptors (Lipinski definition) is 3. The molecule has 1 heterocycles. The van der Waals surface area contributed by atoms with Crippen molar-refractivity contribution in [2.24, 2.45) is 0 Å². The zero-order valence-electron chi connectivity index (χ0n) is 9.22. The van der Waals surface area contributed by atoms with Gasteiger partial charge in [-0.1, -0.05) is 19.4 Å². The van der Waals surface area contributed by atoms with Gasteiger partial charge in [0.05, 0.1) is 6.10 Å². The van der Waals surface area contributed by atoms with Crippen LogP contribution in [0.15, 0.2) is 24.5 Å². The van der Waals surface area contributed by atoms with Crippen LogP contribution in [0.5, 0.6) is 0 Å². The number of aliphatic hydroxyl groups is 1. The van der Waals surface area contributed by atoms with E-state index in [-0.39, 0.29) is 0 Å². The van der Waals surface area contributed by atoms with Crippen LogP contribution in [0.2, 0.25) is 0 Å². The summed E-state index contributed by atoms with van der Waals surface area (Å²) in [7, 11) is 0. The van der Waals surface area contributed by atoms with Crippen LogP contribution in [-0.4, -0.2) is 23.3 Å². The smallest absolute Gasteiger partial charge is 0.0826 e. The van der Waals surface area contributed by atoms with Crippen LogP contribution in [0.1, 0.15) is 37.9 Å². The first-order valence-corrected chi connectivity index (χ1v) is 5.50. The maximum Gasteiger partial charge on any atom is 0.0826 e. The second kappa shape index (κ2) is 7.37. The van der Waals surface area contributed by atoms with E-state index in [1.54, 1.807) is 12.4 Å². The highest BCUT2D eigenvalue weighted by Gasteiger charge is 2.06. The second-order valence-electron chi connectivity index (χ2n) is 3.56. The summed E-state index contributed by atoms with van der Waals surface area (Å²) in [5, 5.41) is 9.76. The van der Waals surface area contributed by atoms with E-state index in [0.29, 0.717) is 13.0 Å². The minimum atomic E-state index is -0.458. The third kappa shape index (κ3) is 4.91. The average Bonchev–Trinajstić information content (AvgIpc) is 2.30. The van der Waals surface area contributed by atoms with Gasteiger partial charge in [-0.05, 0) is 18.1 Å². The van der Waals surface area contributed by atoms with Crippen LogP contribution >= 0.6 is 0 Å². The molecule has 1 atom stereocenters. The van der Waals surface area contributed by atoms with Crippen molar-refractivity contribution in [3.8, 4) is 0 Å². The van der Waals surface area contributed by atoms with Crippen molar-refractivity contribution < 1.29 is 9.84 Å². The predicted molar refractivity (Wildman–Crippen MR) is 59.5 cm³/mol. The molecule has 0 saturated heterocycles. The lowest BCUT2D eigenvalue weighted by atomic mass is 10.1. The molecule has 1 unspecified atom stereocenters. The van der Waals surface area contributed by atoms with Gasteiger partial charge in [-0.2, -0.15) is 0 Å². The number of aliphatic hydroxyl groups excluding tert-OH is 1. The van der Waals surface area contributed by atoms with Gasteiger partial charge in [0.15, 0.2) is 0 Å². The third-order valence-electron chi connectivity index (χ3n) is 2.25. The molecule has 1 N–H and O–H groups in total. The number of hydrogen-bond donors (Lipinski definition) is 1. The maximum atomic E-state index is 9.76. The first-order valence-electron chi connectivity index (χ1n) is 5.50. The van der Waals surface area contributed by atoms with Crippen molar-refractivity contribution >= 4 is 0 Å². The molecule has 0 aliphatic carbocycles. The molecule has 0 aromatic carbocycles. The van der Waals surface area contributed by atoms with Crippen LogP contribution in [-0.2, 0) is 4.74 Å². The Balaban J connectivity index is 2.16. The van der Waals surface area contributed by atoms with Crippen molar-refractivity contribution in [2.75, 3.05) is 13.2 Å². The van der Waals surface area contributed by atoms with Gasteiger partial charge in [-0.25, -0.2) is 0 Å². The highest BCUT2D eigenvalue weighted by atomic mass is 16.5. The fourth-order valence-corrected chi connectivity index (χ4v) is 1.28. The zero-order chi connectivity index (χ0) is 10.9. The standard InChI is InChI=1S/C12H19NO2/c1-2-3-8-15-9-6-12(14)11-5-4-7-13-10-11/h4-5,7,10,12,14H,2-3,6,8-9H2,1H3. The summed E-state index contributed by atoms with van der Waals surface area (Å²) in [6.07, 6.45) is 5.80. The molecule has 0 bridgehead atoms. The largest absolute Gasteiger partial charge is 0.388 e. The van der Waals surface area contributed by atoms with Crippen molar-refractivity contribution in [2.45, 2.75) is 32.3 Å². The Morgan fingerprint density at radius 2 is 2.33 bits per heavy atom. The van der Waals surface area contributed by atoms with Gasteiger partial charge in [0.1, 0.15) is 0 Å². The molecule has 0 aliphatic heterocycles. The van der Waals surface area contributed by atoms with E-state index in [4.69, 9.17) is 4.74 Å². The molecule has 0 saturated carbocycles. The zero-order valence-corrected chi connectivity index (χ0v) is 9.22. The van der Waals surface area contributed by atoms with Crippen LogP contribution in [0.3, 0.4) is 0 Å². The van der Waals surface area contributed by atoms with Gasteiger partial charge in [0.2, 0.25) is 0 Å². The van der Waals surface area contributed by atoms with Gasteiger partial charge >= 0.3 is 0 Å². The molecule has 0 fully saturated rings. The lowest BCUT2D eigenvalue weighted by Gasteiger charge is -2.10. The number of unbranched alkanes of at least 4 members (excludes halogenated alkanes) is 1. The van der Waals surface area contributed by atoms with E-state index in [2.05, 4.69) is 11.9 Å². The first kappa shape index (κ1) is 12.1. The van der Waals surface area contributed by atoms with Crippen LogP contribution < -0.4 is 0 Å². The Labute approximate surface area is 91.1 Å². The molecule has 15 heavy (non-hydrogen) atoms. The van der Waals surface area contributed by atoms with Crippen molar-refractivity contribution in [3.63, 3.8) is 0 Å². The van der Waals surface area contributed by atoms with E-state index < -0.39 is 6.10 Å². The van der Waals surface area contributed by atoms with Crippen molar-refractivity contribution in [1.29, 1.82) is 0 Å². The molecule has 1 aromatic rings. The summed E-state index contributed by atoms with van der Waals surface area (Å²) in [6.45, 7) is 3.53. The monoisotopic (exact) mass is 209 g/mol. The highest BCUT2D eigenvalue weighted by molar-refractivity contribution is 5.11. The number of nitrogens with zero attached hydrogens (tertiary/aromatic N) is 1. The van der Waals surface area contributed by atoms with E-state index >= 15 is 0 Å². The van der Waals surface area contributed by atoms with E-state index in [9.17, 15) is 5.11 Å². The van der Waals surface area contributed by atoms with Crippen molar-refractivity contribution in [3.05, 3.63) is 30.1 Å². The third-order valence-corrected chi connectivity index (χ3v) is 2.25. The molecule has 0 spiro atoms. The molecular formula is C12H19NO2. The molecule has 1 rings (SSSR count). The summed E-state index contributed by atoms with van der Waals surface area (Å²) in [4.78, 5) is 3.96. The predicted octanol–water partition coefficient (Wildman–Crippen LogP) is 2.32. The Morgan fingerprint density at radius 3 is 3.00 bits per heavy atom. The van der Waals surface area contributed by atoms with E-state index in [0.717, 1.165) is 25.0 Å². The van der Waals surface area contributed by atoms with E-state index in [1.807, 2.05) is 12.1 Å². The summed E-state index contributed by atoms with van der Waals surface area (Å²) in [5.41, 5.74) is 0.858. The molecule has 3 heteroatoms. The maximum absolute atomic E-state index is 9.76. The molecule has 1 aromatic heterocycles. The second-order valence-corrected chi connectivity index (χ2v) is 3.56. The van der Waals surface area contributed by atoms with Crippen molar-refractivity contribution in [1.82, 2.24) is 4.98 Å². The Hall–Kier alpha value is -0.930. The Kier molecular flexibility index (Phi) is 5.97. The molecule has 0 radical (unpaired) electrons. The fourth-order valence-electron chi connectivity index (χ4n) is 1.28. The summed E-state index contributed by atoms with van der Waals surface area (Å²) >= 11 is 0. The highest BCUT2D eigenvalue weighted by Crippen LogP contribution is 2.14. The van der Waals surface area contributed by atoms with Gasteiger partial charge in [-0.3, -0.25) is 4.98 Å². The lowest BCUT2D eigenvalue weighted by Crippen LogP contribution is -2.04. The summed E-state index contributed by atoms with van der Waals surface area (Å²) in [6, 6.07) is 3.71. The number of ether oxygens (including phenoxy) is 1.